The molecule has 5 nitrogen and oxygen atoms in total. The monoisotopic (exact) mass is 372 g/mol. The fourth-order valence-electron chi connectivity index (χ4n) is 2.68. The van der Waals surface area contributed by atoms with E-state index in [1.165, 1.54) is 0 Å². The summed E-state index contributed by atoms with van der Waals surface area (Å²) in [7, 11) is -2.04. The van der Waals surface area contributed by atoms with Gasteiger partial charge < -0.3 is 18.5 Å². The third-order valence-corrected chi connectivity index (χ3v) is 5.40. The van der Waals surface area contributed by atoms with Crippen LogP contribution in [-0.4, -0.2) is 44.3 Å². The van der Waals surface area contributed by atoms with E-state index in [9.17, 15) is 4.79 Å². The molecule has 146 valence electrons. The summed E-state index contributed by atoms with van der Waals surface area (Å²) in [5.41, 5.74) is -1.15. The van der Waals surface area contributed by atoms with Gasteiger partial charge in [0.2, 0.25) is 0 Å². The van der Waals surface area contributed by atoms with E-state index in [1.807, 2.05) is 48.5 Å². The van der Waals surface area contributed by atoms with Crippen molar-refractivity contribution in [1.29, 1.82) is 0 Å². The van der Waals surface area contributed by atoms with E-state index >= 15 is 0 Å². The first kappa shape index (κ1) is 22.7. The fraction of sp³-hybridized carbons (Fsp3) is 0.944. The van der Waals surface area contributed by atoms with Gasteiger partial charge in [-0.25, -0.2) is 0 Å². The van der Waals surface area contributed by atoms with Crippen LogP contribution in [0, 0.1) is 0 Å². The number of carbonyl (C=O) groups excluding carboxylic acids is 1. The summed E-state index contributed by atoms with van der Waals surface area (Å²) in [6, 6.07) is 0. The van der Waals surface area contributed by atoms with E-state index in [-0.39, 0.29) is 36.8 Å². The smallest absolute Gasteiger partial charge is 0.457 e. The molecule has 0 bridgehead atoms. The topological polar surface area (TPSA) is 54.0 Å². The van der Waals surface area contributed by atoms with E-state index < -0.39 is 13.9 Å². The lowest BCUT2D eigenvalue weighted by molar-refractivity contribution is -0.156. The van der Waals surface area contributed by atoms with Gasteiger partial charge in [0.1, 0.15) is 5.60 Å². The minimum Gasteiger partial charge on any atom is -0.460 e. The molecule has 0 N–H and O–H groups in total. The molecule has 0 aromatic carbocycles. The molecule has 25 heavy (non-hydrogen) atoms. The van der Waals surface area contributed by atoms with Crippen molar-refractivity contribution in [2.45, 2.75) is 110 Å². The Bertz CT molecular complexity index is 449. The Hall–Kier alpha value is -0.368. The van der Waals surface area contributed by atoms with Crippen LogP contribution in [0.3, 0.4) is 0 Å². The Morgan fingerprint density at radius 2 is 1.56 bits per heavy atom. The molecule has 1 heterocycles. The molecule has 0 aliphatic carbocycles. The van der Waals surface area contributed by atoms with Crippen LogP contribution in [0.4, 0.5) is 0 Å². The highest BCUT2D eigenvalue weighted by molar-refractivity contribution is 6.69. The second-order valence-electron chi connectivity index (χ2n) is 9.91. The Kier molecular flexibility index (Phi) is 6.99. The lowest BCUT2D eigenvalue weighted by Gasteiger charge is -2.32. The van der Waals surface area contributed by atoms with E-state index in [1.54, 1.807) is 0 Å². The standard InChI is InChI=1S/C18H37BO5Si/c1-16(2,3)21-15(20)13-14(22-25(8,9)10)11-12-19-23-17(4,5)18(6,7)24-19/h14H,11-13H2,1-10H3. The van der Waals surface area contributed by atoms with Gasteiger partial charge in [0.15, 0.2) is 8.32 Å². The molecule has 1 atom stereocenters. The van der Waals surface area contributed by atoms with Crippen LogP contribution >= 0.6 is 0 Å². The molecule has 1 aliphatic heterocycles. The van der Waals surface area contributed by atoms with Gasteiger partial charge in [0.25, 0.3) is 0 Å². The summed E-state index contributed by atoms with van der Waals surface area (Å²) in [4.78, 5) is 12.2. The second-order valence-corrected chi connectivity index (χ2v) is 14.4. The minimum absolute atomic E-state index is 0.166. The van der Waals surface area contributed by atoms with Crippen molar-refractivity contribution >= 4 is 21.4 Å². The van der Waals surface area contributed by atoms with Gasteiger partial charge in [-0.05, 0) is 80.8 Å². The molecule has 0 aromatic rings. The van der Waals surface area contributed by atoms with E-state index in [0.29, 0.717) is 12.7 Å². The highest BCUT2D eigenvalue weighted by atomic mass is 28.4. The van der Waals surface area contributed by atoms with Gasteiger partial charge in [-0.1, -0.05) is 0 Å². The molecule has 0 amide bonds. The van der Waals surface area contributed by atoms with Gasteiger partial charge in [-0.15, -0.1) is 0 Å². The lowest BCUT2D eigenvalue weighted by atomic mass is 9.81. The molecular weight excluding hydrogens is 335 g/mol. The molecule has 1 unspecified atom stereocenters. The van der Waals surface area contributed by atoms with Crippen LogP contribution < -0.4 is 0 Å². The number of hydrogen-bond donors (Lipinski definition) is 0. The van der Waals surface area contributed by atoms with Crippen molar-refractivity contribution in [3.05, 3.63) is 0 Å². The average Bonchev–Trinajstić information content (AvgIpc) is 2.50. The van der Waals surface area contributed by atoms with Crippen molar-refractivity contribution in [1.82, 2.24) is 0 Å². The van der Waals surface area contributed by atoms with E-state index in [0.717, 1.165) is 0 Å². The van der Waals surface area contributed by atoms with Crippen molar-refractivity contribution in [3.8, 4) is 0 Å². The van der Waals surface area contributed by atoms with Gasteiger partial charge >= 0.3 is 13.1 Å². The predicted octanol–water partition coefficient (Wildman–Crippen LogP) is 4.42. The maximum absolute atomic E-state index is 12.2. The zero-order chi connectivity index (χ0) is 19.7. The number of ether oxygens (including phenoxy) is 1. The first-order chi connectivity index (χ1) is 11.0. The molecule has 1 rings (SSSR count). The Morgan fingerprint density at radius 1 is 1.08 bits per heavy atom. The Morgan fingerprint density at radius 3 is 1.96 bits per heavy atom. The third kappa shape index (κ3) is 7.81. The molecule has 0 radical (unpaired) electrons. The average molecular weight is 372 g/mol. The van der Waals surface area contributed by atoms with Crippen LogP contribution in [-0.2, 0) is 23.3 Å². The first-order valence-corrected chi connectivity index (χ1v) is 12.7. The summed E-state index contributed by atoms with van der Waals surface area (Å²) in [6.45, 7) is 20.2. The molecule has 1 aliphatic rings. The molecule has 7 heteroatoms. The van der Waals surface area contributed by atoms with E-state index in [2.05, 4.69) is 19.6 Å². The fourth-order valence-corrected chi connectivity index (χ4v) is 3.88. The molecule has 1 fully saturated rings. The van der Waals surface area contributed by atoms with Crippen LogP contribution in [0.15, 0.2) is 0 Å². The van der Waals surface area contributed by atoms with Crippen molar-refractivity contribution < 1.29 is 23.3 Å². The van der Waals surface area contributed by atoms with Gasteiger partial charge in [0, 0.05) is 0 Å². The van der Waals surface area contributed by atoms with E-state index in [4.69, 9.17) is 18.5 Å². The zero-order valence-corrected chi connectivity index (χ0v) is 18.8. The molecule has 1 saturated heterocycles. The maximum atomic E-state index is 12.2. The van der Waals surface area contributed by atoms with Crippen molar-refractivity contribution in [2.24, 2.45) is 0 Å². The molecule has 0 spiro atoms. The SMILES string of the molecule is CC(C)(C)OC(=O)CC(CCB1OC(C)(C)C(C)(C)O1)O[Si](C)(C)C. The van der Waals surface area contributed by atoms with Crippen molar-refractivity contribution in [3.63, 3.8) is 0 Å². The normalized spacial score (nSPS) is 21.3. The zero-order valence-electron chi connectivity index (χ0n) is 17.8. The number of hydrogen-bond acceptors (Lipinski definition) is 5. The number of esters is 1. The van der Waals surface area contributed by atoms with Gasteiger partial charge in [-0.2, -0.15) is 0 Å². The summed E-state index contributed by atoms with van der Waals surface area (Å²) >= 11 is 0. The summed E-state index contributed by atoms with van der Waals surface area (Å²) in [5, 5.41) is 0. The second kappa shape index (κ2) is 7.71. The predicted molar refractivity (Wildman–Crippen MR) is 104 cm³/mol. The Labute approximate surface area is 155 Å². The van der Waals surface area contributed by atoms with Crippen LogP contribution in [0.25, 0.3) is 0 Å². The molecule has 0 aromatic heterocycles. The lowest BCUT2D eigenvalue weighted by Crippen LogP contribution is -2.41. The van der Waals surface area contributed by atoms with Crippen LogP contribution in [0.1, 0.15) is 61.3 Å². The number of rotatable bonds is 7. The highest BCUT2D eigenvalue weighted by Crippen LogP contribution is 2.38. The summed E-state index contributed by atoms with van der Waals surface area (Å²) in [5.74, 6) is -0.218. The minimum atomic E-state index is -1.77. The molecule has 0 saturated carbocycles. The first-order valence-electron chi connectivity index (χ1n) is 9.26. The quantitative estimate of drug-likeness (QED) is 0.489. The Balaban J connectivity index is 2.65. The summed E-state index contributed by atoms with van der Waals surface area (Å²) < 4.78 is 23.8. The van der Waals surface area contributed by atoms with Crippen LogP contribution in [0.2, 0.25) is 26.0 Å². The van der Waals surface area contributed by atoms with Crippen LogP contribution in [0.5, 0.6) is 0 Å². The maximum Gasteiger partial charge on any atom is 0.457 e. The third-order valence-electron chi connectivity index (χ3n) is 4.36. The van der Waals surface area contributed by atoms with Crippen molar-refractivity contribution in [2.75, 3.05) is 0 Å². The molecular formula is C18H37BO5Si. The summed E-state index contributed by atoms with van der Waals surface area (Å²) in [6.07, 6.45) is 1.51. The van der Waals surface area contributed by atoms with Gasteiger partial charge in [-0.3, -0.25) is 4.79 Å². The highest BCUT2D eigenvalue weighted by Gasteiger charge is 2.50. The number of carbonyl (C=O) groups is 1. The van der Waals surface area contributed by atoms with Gasteiger partial charge in [0.05, 0.1) is 23.7 Å². The largest absolute Gasteiger partial charge is 0.460 e.